The molecular formula is C22H18O6. The van der Waals surface area contributed by atoms with Crippen LogP contribution in [0.4, 0.5) is 0 Å². The molecule has 0 saturated carbocycles. The maximum Gasteiger partial charge on any atom is 0.341 e. The number of hydrogen-bond donors (Lipinski definition) is 2. The average Bonchev–Trinajstić information content (AvgIpc) is 2.74. The Morgan fingerprint density at radius 3 is 1.25 bits per heavy atom. The molecule has 0 aliphatic heterocycles. The Hall–Kier alpha value is -3.48. The minimum Gasteiger partial charge on any atom is -0.428 e. The highest BCUT2D eigenvalue weighted by atomic mass is 16.6. The molecule has 0 aliphatic rings. The molecule has 0 saturated heterocycles. The monoisotopic (exact) mass is 378 g/mol. The van der Waals surface area contributed by atoms with Crippen LogP contribution in [0.3, 0.4) is 0 Å². The number of benzene rings is 3. The van der Waals surface area contributed by atoms with E-state index in [2.05, 4.69) is 0 Å². The van der Waals surface area contributed by atoms with Crippen molar-refractivity contribution >= 4 is 11.9 Å². The molecule has 0 bridgehead atoms. The lowest BCUT2D eigenvalue weighted by atomic mass is 10.1. The van der Waals surface area contributed by atoms with Crippen LogP contribution in [0.5, 0.6) is 0 Å². The fraction of sp³-hybridized carbons (Fsp3) is 0.0909. The van der Waals surface area contributed by atoms with E-state index >= 15 is 0 Å². The molecule has 6 heteroatoms. The highest BCUT2D eigenvalue weighted by Crippen LogP contribution is 2.21. The number of aliphatic hydroxyl groups excluding tert-OH is 2. The summed E-state index contributed by atoms with van der Waals surface area (Å²) >= 11 is 0. The largest absolute Gasteiger partial charge is 0.428 e. The van der Waals surface area contributed by atoms with Gasteiger partial charge in [-0.15, -0.1) is 0 Å². The van der Waals surface area contributed by atoms with E-state index in [0.717, 1.165) is 0 Å². The van der Waals surface area contributed by atoms with Gasteiger partial charge in [0.25, 0.3) is 0 Å². The summed E-state index contributed by atoms with van der Waals surface area (Å²) in [5.41, 5.74) is 0.635. The maximum atomic E-state index is 12.5. The third kappa shape index (κ3) is 4.62. The summed E-state index contributed by atoms with van der Waals surface area (Å²) in [4.78, 5) is 24.9. The molecule has 3 aromatic rings. The summed E-state index contributed by atoms with van der Waals surface area (Å²) in [5.74, 6) is -1.78. The number of hydrogen-bond acceptors (Lipinski definition) is 6. The third-order valence-corrected chi connectivity index (χ3v) is 3.97. The van der Waals surface area contributed by atoms with Crippen LogP contribution in [-0.4, -0.2) is 22.2 Å². The van der Waals surface area contributed by atoms with Gasteiger partial charge in [0.2, 0.25) is 12.6 Å². The van der Waals surface area contributed by atoms with Crippen LogP contribution in [0.2, 0.25) is 0 Å². The lowest BCUT2D eigenvalue weighted by Gasteiger charge is -2.15. The molecule has 2 atom stereocenters. The van der Waals surface area contributed by atoms with E-state index in [1.807, 2.05) is 0 Å². The molecule has 142 valence electrons. The zero-order chi connectivity index (χ0) is 19.9. The van der Waals surface area contributed by atoms with Crippen LogP contribution in [0.25, 0.3) is 0 Å². The smallest absolute Gasteiger partial charge is 0.341 e. The molecule has 0 fully saturated rings. The van der Waals surface area contributed by atoms with Crippen molar-refractivity contribution in [3.63, 3.8) is 0 Å². The van der Waals surface area contributed by atoms with E-state index in [4.69, 9.17) is 9.47 Å². The van der Waals surface area contributed by atoms with E-state index < -0.39 is 24.5 Å². The number of esters is 2. The molecule has 0 spiro atoms. The van der Waals surface area contributed by atoms with Gasteiger partial charge in [0.1, 0.15) is 0 Å². The van der Waals surface area contributed by atoms with E-state index in [0.29, 0.717) is 11.1 Å². The van der Waals surface area contributed by atoms with Crippen LogP contribution >= 0.6 is 0 Å². The Morgan fingerprint density at radius 1 is 0.571 bits per heavy atom. The van der Waals surface area contributed by atoms with Crippen molar-refractivity contribution in [1.29, 1.82) is 0 Å². The number of rotatable bonds is 6. The minimum absolute atomic E-state index is 0.0808. The molecule has 2 N–H and O–H groups in total. The van der Waals surface area contributed by atoms with E-state index in [1.165, 1.54) is 12.1 Å². The summed E-state index contributed by atoms with van der Waals surface area (Å²) in [5, 5.41) is 20.2. The van der Waals surface area contributed by atoms with Gasteiger partial charge in [0, 0.05) is 11.1 Å². The zero-order valence-electron chi connectivity index (χ0n) is 14.8. The molecule has 0 aliphatic carbocycles. The first-order chi connectivity index (χ1) is 13.6. The van der Waals surface area contributed by atoms with Gasteiger partial charge in [-0.1, -0.05) is 72.8 Å². The van der Waals surface area contributed by atoms with E-state index in [-0.39, 0.29) is 11.1 Å². The van der Waals surface area contributed by atoms with Crippen molar-refractivity contribution in [2.24, 2.45) is 0 Å². The van der Waals surface area contributed by atoms with Crippen LogP contribution in [0.1, 0.15) is 44.4 Å². The van der Waals surface area contributed by atoms with Crippen molar-refractivity contribution in [2.75, 3.05) is 0 Å². The first kappa shape index (κ1) is 19.3. The fourth-order valence-electron chi connectivity index (χ4n) is 2.54. The van der Waals surface area contributed by atoms with Crippen molar-refractivity contribution < 1.29 is 29.3 Å². The second kappa shape index (κ2) is 8.94. The fourth-order valence-corrected chi connectivity index (χ4v) is 2.54. The molecule has 0 heterocycles. The number of carbonyl (C=O) groups is 2. The second-order valence-corrected chi connectivity index (χ2v) is 5.88. The van der Waals surface area contributed by atoms with Crippen LogP contribution in [0.15, 0.2) is 84.9 Å². The van der Waals surface area contributed by atoms with Gasteiger partial charge < -0.3 is 19.7 Å². The predicted molar refractivity (Wildman–Crippen MR) is 100 cm³/mol. The number of carbonyl (C=O) groups excluding carboxylic acids is 2. The molecule has 2 unspecified atom stereocenters. The molecule has 28 heavy (non-hydrogen) atoms. The van der Waals surface area contributed by atoms with Crippen LogP contribution < -0.4 is 0 Å². The number of aliphatic hydroxyl groups is 2. The molecule has 0 aromatic heterocycles. The molecule has 0 radical (unpaired) electrons. The first-order valence-electron chi connectivity index (χ1n) is 8.53. The van der Waals surface area contributed by atoms with Gasteiger partial charge >= 0.3 is 11.9 Å². The summed E-state index contributed by atoms with van der Waals surface area (Å²) in [7, 11) is 0. The van der Waals surface area contributed by atoms with Crippen molar-refractivity contribution in [2.45, 2.75) is 12.6 Å². The van der Waals surface area contributed by atoms with Crippen molar-refractivity contribution in [3.8, 4) is 0 Å². The summed E-state index contributed by atoms with van der Waals surface area (Å²) in [6.07, 6.45) is -2.96. The lowest BCUT2D eigenvalue weighted by molar-refractivity contribution is -0.0705. The topological polar surface area (TPSA) is 93.1 Å². The Bertz CT molecular complexity index is 861. The van der Waals surface area contributed by atoms with Crippen molar-refractivity contribution in [3.05, 3.63) is 107 Å². The molecular weight excluding hydrogens is 360 g/mol. The third-order valence-electron chi connectivity index (χ3n) is 3.97. The van der Waals surface area contributed by atoms with Gasteiger partial charge in [-0.25, -0.2) is 9.59 Å². The normalized spacial score (nSPS) is 12.6. The molecule has 3 rings (SSSR count). The highest BCUT2D eigenvalue weighted by molar-refractivity contribution is 6.03. The summed E-state index contributed by atoms with van der Waals surface area (Å²) in [6.45, 7) is 0. The maximum absolute atomic E-state index is 12.5. The Labute approximate surface area is 161 Å². The Kier molecular flexibility index (Phi) is 6.16. The minimum atomic E-state index is -1.48. The van der Waals surface area contributed by atoms with Gasteiger partial charge in [0.05, 0.1) is 11.1 Å². The lowest BCUT2D eigenvalue weighted by Crippen LogP contribution is -2.18. The van der Waals surface area contributed by atoms with Gasteiger partial charge in [0.15, 0.2) is 0 Å². The number of ether oxygens (including phenoxy) is 2. The average molecular weight is 378 g/mol. The standard InChI is InChI=1S/C22H18O6/c23-19(15-9-3-1-4-10-15)27-21(25)17-13-7-8-14-18(17)22(26)28-20(24)16-11-5-2-6-12-16/h1-14,19-20,23-24H. The Morgan fingerprint density at radius 2 is 0.893 bits per heavy atom. The molecule has 3 aromatic carbocycles. The predicted octanol–water partition coefficient (Wildman–Crippen LogP) is 3.38. The quantitative estimate of drug-likeness (QED) is 0.505. The summed E-state index contributed by atoms with van der Waals surface area (Å²) in [6, 6.07) is 22.6. The van der Waals surface area contributed by atoms with Gasteiger partial charge in [-0.2, -0.15) is 0 Å². The van der Waals surface area contributed by atoms with Crippen LogP contribution in [-0.2, 0) is 9.47 Å². The SMILES string of the molecule is O=C(OC(O)c1ccccc1)c1ccccc1C(=O)OC(O)c1ccccc1. The highest BCUT2D eigenvalue weighted by Gasteiger charge is 2.23. The first-order valence-corrected chi connectivity index (χ1v) is 8.53. The molecule has 0 amide bonds. The summed E-state index contributed by atoms with van der Waals surface area (Å²) < 4.78 is 10.1. The van der Waals surface area contributed by atoms with Gasteiger partial charge in [-0.05, 0) is 12.1 Å². The van der Waals surface area contributed by atoms with Gasteiger partial charge in [-0.3, -0.25) is 0 Å². The Balaban J connectivity index is 1.75. The second-order valence-electron chi connectivity index (χ2n) is 5.88. The van der Waals surface area contributed by atoms with Crippen LogP contribution in [0, 0.1) is 0 Å². The zero-order valence-corrected chi connectivity index (χ0v) is 14.8. The van der Waals surface area contributed by atoms with E-state index in [1.54, 1.807) is 72.8 Å². The van der Waals surface area contributed by atoms with E-state index in [9.17, 15) is 19.8 Å². The van der Waals surface area contributed by atoms with Crippen molar-refractivity contribution in [1.82, 2.24) is 0 Å². The molecule has 6 nitrogen and oxygen atoms in total.